The van der Waals surface area contributed by atoms with Gasteiger partial charge in [0.25, 0.3) is 5.91 Å². The van der Waals surface area contributed by atoms with E-state index >= 15 is 0 Å². The molecule has 1 heterocycles. The van der Waals surface area contributed by atoms with Crippen LogP contribution in [0, 0.1) is 5.92 Å². The Kier molecular flexibility index (Phi) is 3.59. The van der Waals surface area contributed by atoms with Crippen LogP contribution in [0.3, 0.4) is 0 Å². The molecule has 2 aliphatic rings. The van der Waals surface area contributed by atoms with Crippen LogP contribution in [-0.4, -0.2) is 27.7 Å². The van der Waals surface area contributed by atoms with Gasteiger partial charge in [0.15, 0.2) is 0 Å². The quantitative estimate of drug-likeness (QED) is 0.887. The first-order valence-electron chi connectivity index (χ1n) is 7.75. The number of nitrogens with zero attached hydrogens (tertiary/aromatic N) is 1. The van der Waals surface area contributed by atoms with Crippen molar-refractivity contribution in [2.45, 2.75) is 57.1 Å². The van der Waals surface area contributed by atoms with E-state index in [0.717, 1.165) is 37.8 Å². The predicted molar refractivity (Wildman–Crippen MR) is 77.6 cm³/mol. The number of hydrogen-bond acceptors (Lipinski definition) is 2. The summed E-state index contributed by atoms with van der Waals surface area (Å²) in [5.41, 5.74) is 0.00426. The van der Waals surface area contributed by atoms with E-state index < -0.39 is 5.60 Å². The minimum absolute atomic E-state index is 0.0615. The zero-order valence-electron chi connectivity index (χ0n) is 12.1. The molecule has 2 aliphatic carbocycles. The van der Waals surface area contributed by atoms with E-state index in [0.29, 0.717) is 18.5 Å². The molecule has 20 heavy (non-hydrogen) atoms. The van der Waals surface area contributed by atoms with E-state index in [1.54, 1.807) is 0 Å². The zero-order chi connectivity index (χ0) is 14.2. The maximum absolute atomic E-state index is 12.3. The molecule has 1 aromatic heterocycles. The standard InChI is InChI=1S/C16H24N2O2/c1-12-4-2-8-16(20,10-12)11-17-15(19)14-5-3-9-18(14)13-6-7-13/h3,5,9,12-13,20H,2,4,6-8,10-11H2,1H3,(H,17,19). The molecule has 4 heteroatoms. The average molecular weight is 276 g/mol. The minimum atomic E-state index is -0.718. The molecule has 1 aromatic rings. The lowest BCUT2D eigenvalue weighted by atomic mass is 9.79. The van der Waals surface area contributed by atoms with Crippen LogP contribution in [0.4, 0.5) is 0 Å². The zero-order valence-corrected chi connectivity index (χ0v) is 12.1. The van der Waals surface area contributed by atoms with Gasteiger partial charge < -0.3 is 15.0 Å². The molecule has 0 aliphatic heterocycles. The predicted octanol–water partition coefficient (Wildman–Crippen LogP) is 2.49. The molecule has 0 radical (unpaired) electrons. The van der Waals surface area contributed by atoms with Gasteiger partial charge in [-0.3, -0.25) is 4.79 Å². The van der Waals surface area contributed by atoms with Crippen molar-refractivity contribution in [3.8, 4) is 0 Å². The first kappa shape index (κ1) is 13.7. The van der Waals surface area contributed by atoms with Gasteiger partial charge in [0.1, 0.15) is 5.69 Å². The van der Waals surface area contributed by atoms with E-state index in [4.69, 9.17) is 0 Å². The second-order valence-electron chi connectivity index (χ2n) is 6.64. The molecular weight excluding hydrogens is 252 g/mol. The number of amides is 1. The summed E-state index contributed by atoms with van der Waals surface area (Å²) in [6.07, 6.45) is 8.11. The topological polar surface area (TPSA) is 54.3 Å². The number of carbonyl (C=O) groups is 1. The summed E-state index contributed by atoms with van der Waals surface area (Å²) in [4.78, 5) is 12.3. The highest BCUT2D eigenvalue weighted by atomic mass is 16.3. The van der Waals surface area contributed by atoms with E-state index in [-0.39, 0.29) is 5.91 Å². The molecule has 2 fully saturated rings. The fourth-order valence-corrected chi connectivity index (χ4v) is 3.39. The Balaban J connectivity index is 1.60. The van der Waals surface area contributed by atoms with Gasteiger partial charge in [-0.2, -0.15) is 0 Å². The van der Waals surface area contributed by atoms with Gasteiger partial charge in [-0.25, -0.2) is 0 Å². The van der Waals surface area contributed by atoms with Gasteiger partial charge in [0, 0.05) is 18.8 Å². The van der Waals surface area contributed by atoms with Crippen LogP contribution in [0.15, 0.2) is 18.3 Å². The van der Waals surface area contributed by atoms with Gasteiger partial charge in [-0.15, -0.1) is 0 Å². The molecule has 0 spiro atoms. The first-order chi connectivity index (χ1) is 9.57. The van der Waals surface area contributed by atoms with Crippen LogP contribution in [-0.2, 0) is 0 Å². The Bertz CT molecular complexity index is 492. The lowest BCUT2D eigenvalue weighted by Crippen LogP contribution is -2.46. The third kappa shape index (κ3) is 2.90. The monoisotopic (exact) mass is 276 g/mol. The number of aliphatic hydroxyl groups is 1. The molecule has 3 rings (SSSR count). The van der Waals surface area contributed by atoms with Gasteiger partial charge in [-0.1, -0.05) is 19.8 Å². The Hall–Kier alpha value is -1.29. The summed E-state index contributed by atoms with van der Waals surface area (Å²) >= 11 is 0. The van der Waals surface area contributed by atoms with Crippen molar-refractivity contribution < 1.29 is 9.90 Å². The van der Waals surface area contributed by atoms with Crippen molar-refractivity contribution in [2.24, 2.45) is 5.92 Å². The fourth-order valence-electron chi connectivity index (χ4n) is 3.39. The van der Waals surface area contributed by atoms with Crippen molar-refractivity contribution >= 4 is 5.91 Å². The smallest absolute Gasteiger partial charge is 0.268 e. The van der Waals surface area contributed by atoms with E-state index in [1.165, 1.54) is 6.42 Å². The highest BCUT2D eigenvalue weighted by molar-refractivity contribution is 5.92. The molecule has 2 atom stereocenters. The molecule has 2 unspecified atom stereocenters. The molecule has 4 nitrogen and oxygen atoms in total. The van der Waals surface area contributed by atoms with Crippen LogP contribution < -0.4 is 5.32 Å². The number of hydrogen-bond donors (Lipinski definition) is 2. The fraction of sp³-hybridized carbons (Fsp3) is 0.688. The maximum atomic E-state index is 12.3. The van der Waals surface area contributed by atoms with Crippen molar-refractivity contribution in [1.29, 1.82) is 0 Å². The summed E-state index contributed by atoms with van der Waals surface area (Å²) < 4.78 is 2.06. The molecule has 2 N–H and O–H groups in total. The van der Waals surface area contributed by atoms with E-state index in [9.17, 15) is 9.90 Å². The third-order valence-corrected chi connectivity index (χ3v) is 4.60. The van der Waals surface area contributed by atoms with Gasteiger partial charge >= 0.3 is 0 Å². The van der Waals surface area contributed by atoms with E-state index in [1.807, 2.05) is 18.3 Å². The lowest BCUT2D eigenvalue weighted by Gasteiger charge is -2.35. The normalized spacial score (nSPS) is 30.2. The Labute approximate surface area is 120 Å². The second kappa shape index (κ2) is 5.24. The first-order valence-corrected chi connectivity index (χ1v) is 7.75. The van der Waals surface area contributed by atoms with Crippen molar-refractivity contribution in [1.82, 2.24) is 9.88 Å². The highest BCUT2D eigenvalue weighted by Crippen LogP contribution is 2.36. The number of nitrogens with one attached hydrogen (secondary N) is 1. The van der Waals surface area contributed by atoms with Crippen LogP contribution in [0.2, 0.25) is 0 Å². The van der Waals surface area contributed by atoms with Gasteiger partial charge in [0.2, 0.25) is 0 Å². The van der Waals surface area contributed by atoms with Crippen LogP contribution in [0.5, 0.6) is 0 Å². The molecular formula is C16H24N2O2. The van der Waals surface area contributed by atoms with Crippen LogP contribution >= 0.6 is 0 Å². The molecule has 0 saturated heterocycles. The number of carbonyl (C=O) groups excluding carboxylic acids is 1. The third-order valence-electron chi connectivity index (χ3n) is 4.60. The highest BCUT2D eigenvalue weighted by Gasteiger charge is 2.33. The van der Waals surface area contributed by atoms with E-state index in [2.05, 4.69) is 16.8 Å². The largest absolute Gasteiger partial charge is 0.388 e. The summed E-state index contributed by atoms with van der Waals surface area (Å²) in [6, 6.07) is 4.29. The molecule has 1 amide bonds. The van der Waals surface area contributed by atoms with Crippen molar-refractivity contribution in [3.63, 3.8) is 0 Å². The average Bonchev–Trinajstić information content (AvgIpc) is 3.13. The Morgan fingerprint density at radius 1 is 1.50 bits per heavy atom. The summed E-state index contributed by atoms with van der Waals surface area (Å²) in [5.74, 6) is 0.481. The lowest BCUT2D eigenvalue weighted by molar-refractivity contribution is -0.0110. The maximum Gasteiger partial charge on any atom is 0.268 e. The van der Waals surface area contributed by atoms with Gasteiger partial charge in [-0.05, 0) is 43.7 Å². The summed E-state index contributed by atoms with van der Waals surface area (Å²) in [6.45, 7) is 2.54. The summed E-state index contributed by atoms with van der Waals surface area (Å²) in [7, 11) is 0. The van der Waals surface area contributed by atoms with Crippen LogP contribution in [0.25, 0.3) is 0 Å². The second-order valence-corrected chi connectivity index (χ2v) is 6.64. The molecule has 110 valence electrons. The number of rotatable bonds is 4. The molecule has 0 aromatic carbocycles. The van der Waals surface area contributed by atoms with Crippen molar-refractivity contribution in [2.75, 3.05) is 6.54 Å². The Morgan fingerprint density at radius 3 is 3.00 bits per heavy atom. The summed E-state index contributed by atoms with van der Waals surface area (Å²) in [5, 5.41) is 13.5. The SMILES string of the molecule is CC1CCCC(O)(CNC(=O)c2cccn2C2CC2)C1. The Morgan fingerprint density at radius 2 is 2.30 bits per heavy atom. The number of aromatic nitrogens is 1. The minimum Gasteiger partial charge on any atom is -0.388 e. The molecule has 0 bridgehead atoms. The van der Waals surface area contributed by atoms with Crippen molar-refractivity contribution in [3.05, 3.63) is 24.0 Å². The van der Waals surface area contributed by atoms with Gasteiger partial charge in [0.05, 0.1) is 5.60 Å². The molecule has 2 saturated carbocycles. The van der Waals surface area contributed by atoms with Crippen LogP contribution in [0.1, 0.15) is 62.0 Å².